The summed E-state index contributed by atoms with van der Waals surface area (Å²) in [5.41, 5.74) is -0.848. The fraction of sp³-hybridized carbons (Fsp3) is 0.556. The van der Waals surface area contributed by atoms with Crippen LogP contribution in [0.3, 0.4) is 0 Å². The number of sulfonamides is 1. The Morgan fingerprint density at radius 2 is 2.41 bits per heavy atom. The van der Waals surface area contributed by atoms with Crippen LogP contribution in [0.5, 0.6) is 0 Å². The number of hydrogen-bond donors (Lipinski definition) is 2. The largest absolute Gasteiger partial charge is 0.481 e. The first-order valence-electron chi connectivity index (χ1n) is 5.20. The summed E-state index contributed by atoms with van der Waals surface area (Å²) in [4.78, 5) is 17.3. The van der Waals surface area contributed by atoms with Crippen molar-refractivity contribution in [3.8, 4) is 0 Å². The van der Waals surface area contributed by atoms with E-state index in [2.05, 4.69) is 9.97 Å². The molecule has 1 aliphatic heterocycles. The zero-order valence-corrected chi connectivity index (χ0v) is 9.64. The Morgan fingerprint density at radius 3 is 2.94 bits per heavy atom. The summed E-state index contributed by atoms with van der Waals surface area (Å²) in [5.74, 6) is -0.954. The summed E-state index contributed by atoms with van der Waals surface area (Å²) >= 11 is 0. The molecule has 0 bridgehead atoms. The predicted octanol–water partition coefficient (Wildman–Crippen LogP) is -0.495. The van der Waals surface area contributed by atoms with Gasteiger partial charge >= 0.3 is 5.97 Å². The zero-order chi connectivity index (χ0) is 12.3. The van der Waals surface area contributed by atoms with Crippen molar-refractivity contribution in [1.82, 2.24) is 14.3 Å². The Hall–Kier alpha value is -1.41. The van der Waals surface area contributed by atoms with Crippen molar-refractivity contribution in [2.75, 3.05) is 13.1 Å². The highest BCUT2D eigenvalue weighted by atomic mass is 32.2. The molecule has 2 fully saturated rings. The fourth-order valence-electron chi connectivity index (χ4n) is 2.47. The maximum absolute atomic E-state index is 12.1. The summed E-state index contributed by atoms with van der Waals surface area (Å²) in [6.45, 7) is 0.325. The van der Waals surface area contributed by atoms with Crippen LogP contribution in [-0.2, 0) is 14.8 Å². The van der Waals surface area contributed by atoms with Gasteiger partial charge in [-0.05, 0) is 12.3 Å². The lowest BCUT2D eigenvalue weighted by Gasteiger charge is -2.17. The summed E-state index contributed by atoms with van der Waals surface area (Å²) in [5, 5.41) is 8.96. The van der Waals surface area contributed by atoms with E-state index in [1.165, 1.54) is 16.7 Å². The number of carboxylic acids is 1. The van der Waals surface area contributed by atoms with Gasteiger partial charge in [0.15, 0.2) is 0 Å². The van der Waals surface area contributed by atoms with Crippen LogP contribution < -0.4 is 0 Å². The van der Waals surface area contributed by atoms with Crippen molar-refractivity contribution in [3.05, 3.63) is 12.4 Å². The number of rotatable bonds is 3. The molecule has 1 aromatic rings. The monoisotopic (exact) mass is 257 g/mol. The van der Waals surface area contributed by atoms with E-state index in [1.54, 1.807) is 0 Å². The number of piperidine rings is 1. The maximum Gasteiger partial charge on any atom is 0.311 e. The van der Waals surface area contributed by atoms with Gasteiger partial charge in [0, 0.05) is 25.5 Å². The third-order valence-corrected chi connectivity index (χ3v) is 5.27. The number of carboxylic acid groups (broad SMARTS) is 1. The molecule has 17 heavy (non-hydrogen) atoms. The second kappa shape index (κ2) is 3.08. The Labute approximate surface area is 97.5 Å². The number of aromatic nitrogens is 2. The average Bonchev–Trinajstić information content (AvgIpc) is 2.75. The van der Waals surface area contributed by atoms with E-state index < -0.39 is 21.4 Å². The quantitative estimate of drug-likeness (QED) is 0.760. The Morgan fingerprint density at radius 1 is 1.65 bits per heavy atom. The molecule has 1 aromatic heterocycles. The maximum atomic E-state index is 12.1. The molecule has 7 nitrogen and oxygen atoms in total. The van der Waals surface area contributed by atoms with Crippen molar-refractivity contribution in [1.29, 1.82) is 0 Å². The molecule has 2 N–H and O–H groups in total. The van der Waals surface area contributed by atoms with Gasteiger partial charge in [-0.2, -0.15) is 4.31 Å². The average molecular weight is 257 g/mol. The summed E-state index contributed by atoms with van der Waals surface area (Å²) in [6.07, 6.45) is 3.36. The van der Waals surface area contributed by atoms with Gasteiger partial charge in [0.2, 0.25) is 5.16 Å². The van der Waals surface area contributed by atoms with Gasteiger partial charge in [0.25, 0.3) is 10.0 Å². The minimum Gasteiger partial charge on any atom is -0.481 e. The lowest BCUT2D eigenvalue weighted by molar-refractivity contribution is -0.143. The molecule has 0 aromatic carbocycles. The third kappa shape index (κ3) is 1.34. The van der Waals surface area contributed by atoms with Crippen LogP contribution in [0.2, 0.25) is 0 Å². The molecule has 92 valence electrons. The van der Waals surface area contributed by atoms with E-state index in [0.717, 1.165) is 0 Å². The number of nitrogens with one attached hydrogen (secondary N) is 1. The Balaban J connectivity index is 1.88. The van der Waals surface area contributed by atoms with Gasteiger partial charge in [-0.25, -0.2) is 13.4 Å². The molecule has 1 saturated heterocycles. The van der Waals surface area contributed by atoms with E-state index in [9.17, 15) is 13.2 Å². The van der Waals surface area contributed by atoms with Crippen molar-refractivity contribution < 1.29 is 18.3 Å². The van der Waals surface area contributed by atoms with Gasteiger partial charge in [-0.15, -0.1) is 0 Å². The first-order chi connectivity index (χ1) is 7.97. The summed E-state index contributed by atoms with van der Waals surface area (Å²) in [6, 6.07) is 0. The molecule has 8 heteroatoms. The van der Waals surface area contributed by atoms with E-state index in [-0.39, 0.29) is 24.2 Å². The molecule has 2 aliphatic rings. The molecule has 1 aliphatic carbocycles. The van der Waals surface area contributed by atoms with Gasteiger partial charge in [-0.3, -0.25) is 4.79 Å². The van der Waals surface area contributed by atoms with E-state index >= 15 is 0 Å². The lowest BCUT2D eigenvalue weighted by atomic mass is 10.1. The molecular weight excluding hydrogens is 246 g/mol. The molecule has 0 amide bonds. The summed E-state index contributed by atoms with van der Waals surface area (Å²) < 4.78 is 25.3. The number of carbonyl (C=O) groups is 1. The molecule has 0 spiro atoms. The van der Waals surface area contributed by atoms with Crippen LogP contribution in [0, 0.1) is 11.3 Å². The number of fused-ring (bicyclic) bond motifs is 1. The van der Waals surface area contributed by atoms with Crippen molar-refractivity contribution in [2.45, 2.75) is 11.6 Å². The molecule has 1 saturated carbocycles. The highest BCUT2D eigenvalue weighted by Gasteiger charge is 2.67. The van der Waals surface area contributed by atoms with E-state index in [1.807, 2.05) is 0 Å². The highest BCUT2D eigenvalue weighted by molar-refractivity contribution is 7.89. The van der Waals surface area contributed by atoms with Crippen LogP contribution in [0.1, 0.15) is 6.42 Å². The highest BCUT2D eigenvalue weighted by Crippen LogP contribution is 2.58. The predicted molar refractivity (Wildman–Crippen MR) is 55.5 cm³/mol. The normalized spacial score (nSPS) is 32.4. The van der Waals surface area contributed by atoms with Crippen LogP contribution in [0.15, 0.2) is 17.6 Å². The number of hydrogen-bond acceptors (Lipinski definition) is 4. The molecular formula is C9H11N3O4S. The van der Waals surface area contributed by atoms with Crippen LogP contribution >= 0.6 is 0 Å². The standard InChI is InChI=1S/C9H11N3O4S/c13-7(14)9-3-6(9)4-12(5-9)17(15,16)8-10-1-2-11-8/h1-2,6H,3-5H2,(H,10,11)(H,13,14). The van der Waals surface area contributed by atoms with E-state index in [0.29, 0.717) is 6.42 Å². The third-order valence-electron chi connectivity index (χ3n) is 3.60. The number of imidazole rings is 1. The fourth-order valence-corrected chi connectivity index (χ4v) is 3.90. The molecule has 0 radical (unpaired) electrons. The second-order valence-electron chi connectivity index (χ2n) is 4.55. The number of H-pyrrole nitrogens is 1. The van der Waals surface area contributed by atoms with Crippen LogP contribution in [0.25, 0.3) is 0 Å². The summed E-state index contributed by atoms with van der Waals surface area (Å²) in [7, 11) is -3.67. The van der Waals surface area contributed by atoms with Crippen molar-refractivity contribution in [3.63, 3.8) is 0 Å². The second-order valence-corrected chi connectivity index (χ2v) is 6.41. The lowest BCUT2D eigenvalue weighted by Crippen LogP contribution is -2.34. The minimum atomic E-state index is -3.67. The van der Waals surface area contributed by atoms with Gasteiger partial charge in [0.1, 0.15) is 0 Å². The first-order valence-corrected chi connectivity index (χ1v) is 6.64. The van der Waals surface area contributed by atoms with E-state index in [4.69, 9.17) is 5.11 Å². The molecule has 3 rings (SSSR count). The number of aromatic amines is 1. The van der Waals surface area contributed by atoms with Crippen LogP contribution in [-0.4, -0.2) is 46.9 Å². The SMILES string of the molecule is O=C(O)C12CC1CN(S(=O)(=O)c1ncc[nH]1)C2. The molecule has 2 unspecified atom stereocenters. The van der Waals surface area contributed by atoms with Crippen LogP contribution in [0.4, 0.5) is 0 Å². The Bertz CT molecular complexity index is 567. The van der Waals surface area contributed by atoms with Gasteiger partial charge in [0.05, 0.1) is 5.41 Å². The molecule has 2 atom stereocenters. The smallest absolute Gasteiger partial charge is 0.311 e. The number of nitrogens with zero attached hydrogens (tertiary/aromatic N) is 2. The van der Waals surface area contributed by atoms with Crippen molar-refractivity contribution in [2.24, 2.45) is 11.3 Å². The first kappa shape index (κ1) is 10.7. The van der Waals surface area contributed by atoms with Crippen molar-refractivity contribution >= 4 is 16.0 Å². The van der Waals surface area contributed by atoms with Gasteiger partial charge in [-0.1, -0.05) is 0 Å². The molecule has 2 heterocycles. The van der Waals surface area contributed by atoms with Gasteiger partial charge < -0.3 is 10.1 Å². The number of aliphatic carboxylic acids is 1. The Kier molecular flexibility index (Phi) is 1.94. The topological polar surface area (TPSA) is 103 Å². The zero-order valence-electron chi connectivity index (χ0n) is 8.83. The minimum absolute atomic E-state index is 0.0512.